The Morgan fingerprint density at radius 1 is 1.04 bits per heavy atom. The first kappa shape index (κ1) is 21.4. The highest BCUT2D eigenvalue weighted by atomic mass is 32.1. The van der Waals surface area contributed by atoms with Crippen molar-refractivity contribution in [3.63, 3.8) is 0 Å². The molecule has 5 nitrogen and oxygen atoms in total. The fraction of sp³-hybridized carbons (Fsp3) is 0.273. The van der Waals surface area contributed by atoms with Gasteiger partial charge in [-0.25, -0.2) is 4.98 Å². The van der Waals surface area contributed by atoms with Crippen molar-refractivity contribution >= 4 is 33.0 Å². The molecule has 6 heteroatoms. The normalized spacial score (nSPS) is 16.1. The Bertz CT molecular complexity index is 899. The summed E-state index contributed by atoms with van der Waals surface area (Å²) in [6.07, 6.45) is 18.3. The van der Waals surface area contributed by atoms with Crippen molar-refractivity contribution in [2.75, 3.05) is 0 Å². The van der Waals surface area contributed by atoms with Crippen LogP contribution in [0.5, 0.6) is 0 Å². The molecular formula is C22H26N4OS. The van der Waals surface area contributed by atoms with Gasteiger partial charge in [0.1, 0.15) is 5.01 Å². The van der Waals surface area contributed by atoms with E-state index in [0.717, 1.165) is 23.4 Å². The lowest BCUT2D eigenvalue weighted by molar-refractivity contribution is 0.1000. The van der Waals surface area contributed by atoms with Gasteiger partial charge in [0.25, 0.3) is 0 Å². The minimum Gasteiger partial charge on any atom is -0.366 e. The van der Waals surface area contributed by atoms with Gasteiger partial charge in [-0.15, -0.1) is 11.3 Å². The van der Waals surface area contributed by atoms with E-state index in [1.54, 1.807) is 29.7 Å². The number of allylic oxidation sites excluding steroid dienone is 4. The number of pyridine rings is 2. The summed E-state index contributed by atoms with van der Waals surface area (Å²) < 4.78 is 1.18. The second-order valence-corrected chi connectivity index (χ2v) is 6.83. The minimum absolute atomic E-state index is 0.419. The van der Waals surface area contributed by atoms with Crippen LogP contribution in [0, 0.1) is 0 Å². The molecule has 0 radical (unpaired) electrons. The molecule has 3 aromatic rings. The Labute approximate surface area is 170 Å². The average molecular weight is 395 g/mol. The van der Waals surface area contributed by atoms with Crippen LogP contribution in [-0.4, -0.2) is 20.9 Å². The van der Waals surface area contributed by atoms with Gasteiger partial charge in [-0.1, -0.05) is 32.1 Å². The molecule has 0 aromatic carbocycles. The molecule has 1 aliphatic carbocycles. The van der Waals surface area contributed by atoms with Gasteiger partial charge in [0, 0.05) is 30.4 Å². The van der Waals surface area contributed by atoms with Crippen LogP contribution in [0.15, 0.2) is 61.2 Å². The van der Waals surface area contributed by atoms with Crippen molar-refractivity contribution < 1.29 is 4.79 Å². The zero-order valence-electron chi connectivity index (χ0n) is 16.3. The Balaban J connectivity index is 0.000000216. The second-order valence-electron chi connectivity index (χ2n) is 5.80. The number of carbonyl (C=O) groups is 1. The van der Waals surface area contributed by atoms with Crippen molar-refractivity contribution in [1.29, 1.82) is 0 Å². The number of hydrogen-bond donors (Lipinski definition) is 1. The van der Waals surface area contributed by atoms with Crippen molar-refractivity contribution in [2.24, 2.45) is 5.73 Å². The van der Waals surface area contributed by atoms with Crippen molar-refractivity contribution in [1.82, 2.24) is 15.0 Å². The van der Waals surface area contributed by atoms with E-state index in [1.807, 2.05) is 26.1 Å². The minimum atomic E-state index is -0.419. The first-order valence-electron chi connectivity index (χ1n) is 9.49. The second kappa shape index (κ2) is 11.8. The summed E-state index contributed by atoms with van der Waals surface area (Å²) in [6, 6.07) is 5.12. The van der Waals surface area contributed by atoms with E-state index in [1.165, 1.54) is 35.5 Å². The molecule has 0 saturated carbocycles. The highest BCUT2D eigenvalue weighted by molar-refractivity contribution is 7.19. The van der Waals surface area contributed by atoms with Gasteiger partial charge in [-0.3, -0.25) is 14.8 Å². The molecule has 146 valence electrons. The predicted molar refractivity (Wildman–Crippen MR) is 117 cm³/mol. The maximum Gasteiger partial charge on any atom is 0.248 e. The molecule has 2 N–H and O–H groups in total. The summed E-state index contributed by atoms with van der Waals surface area (Å²) in [6.45, 7) is 4.00. The van der Waals surface area contributed by atoms with Crippen LogP contribution in [0.1, 0.15) is 54.9 Å². The van der Waals surface area contributed by atoms with Crippen molar-refractivity contribution in [3.8, 4) is 0 Å². The lowest BCUT2D eigenvalue weighted by atomic mass is 10.1. The SMILES string of the molecule is C1=C\C/C(c2nc3ccncc3s2)=C\CCC/1.CC.NC(=O)c1ccncc1. The van der Waals surface area contributed by atoms with Crippen LogP contribution in [0.25, 0.3) is 15.8 Å². The predicted octanol–water partition coefficient (Wildman–Crippen LogP) is 5.41. The Morgan fingerprint density at radius 3 is 2.46 bits per heavy atom. The van der Waals surface area contributed by atoms with Crippen LogP contribution < -0.4 is 5.73 Å². The molecule has 1 aliphatic rings. The Morgan fingerprint density at radius 2 is 1.79 bits per heavy atom. The van der Waals surface area contributed by atoms with Gasteiger partial charge in [-0.05, 0) is 49.5 Å². The zero-order valence-corrected chi connectivity index (χ0v) is 17.2. The molecule has 0 spiro atoms. The summed E-state index contributed by atoms with van der Waals surface area (Å²) in [5.74, 6) is -0.419. The maximum absolute atomic E-state index is 10.4. The highest BCUT2D eigenvalue weighted by Gasteiger charge is 2.08. The molecule has 0 fully saturated rings. The molecule has 0 aliphatic heterocycles. The topological polar surface area (TPSA) is 81.8 Å². The fourth-order valence-electron chi connectivity index (χ4n) is 2.53. The number of primary amides is 1. The third-order valence-corrected chi connectivity index (χ3v) is 4.98. The molecule has 0 unspecified atom stereocenters. The zero-order chi connectivity index (χ0) is 20.2. The molecule has 1 amide bonds. The van der Waals surface area contributed by atoms with Crippen molar-refractivity contribution in [3.05, 3.63) is 71.8 Å². The lowest BCUT2D eigenvalue weighted by Gasteiger charge is -2.03. The number of thiazole rings is 1. The molecule has 0 saturated heterocycles. The molecule has 4 rings (SSSR count). The van der Waals surface area contributed by atoms with Gasteiger partial charge >= 0.3 is 0 Å². The monoisotopic (exact) mass is 394 g/mol. The van der Waals surface area contributed by atoms with Gasteiger partial charge in [0.15, 0.2) is 0 Å². The molecular weight excluding hydrogens is 368 g/mol. The van der Waals surface area contributed by atoms with Gasteiger partial charge in [0.05, 0.1) is 10.2 Å². The fourth-order valence-corrected chi connectivity index (χ4v) is 3.51. The Hall–Kier alpha value is -2.86. The number of nitrogens with zero attached hydrogens (tertiary/aromatic N) is 3. The van der Waals surface area contributed by atoms with E-state index in [2.05, 4.69) is 33.2 Å². The lowest BCUT2D eigenvalue weighted by Crippen LogP contribution is -2.10. The average Bonchev–Trinajstić information content (AvgIpc) is 3.14. The largest absolute Gasteiger partial charge is 0.366 e. The summed E-state index contributed by atoms with van der Waals surface area (Å²) in [4.78, 5) is 22.9. The van der Waals surface area contributed by atoms with Gasteiger partial charge in [-0.2, -0.15) is 0 Å². The Kier molecular flexibility index (Phi) is 9.01. The number of nitrogens with two attached hydrogens (primary N) is 1. The van der Waals surface area contributed by atoms with Gasteiger partial charge < -0.3 is 5.73 Å². The molecule has 3 heterocycles. The third-order valence-electron chi connectivity index (χ3n) is 3.90. The first-order valence-corrected chi connectivity index (χ1v) is 10.3. The van der Waals surface area contributed by atoms with E-state index in [4.69, 9.17) is 5.73 Å². The molecule has 28 heavy (non-hydrogen) atoms. The van der Waals surface area contributed by atoms with Crippen LogP contribution in [0.3, 0.4) is 0 Å². The number of hydrogen-bond acceptors (Lipinski definition) is 5. The van der Waals surface area contributed by atoms with Crippen LogP contribution in [0.4, 0.5) is 0 Å². The molecule has 3 aromatic heterocycles. The summed E-state index contributed by atoms with van der Waals surface area (Å²) in [5, 5.41) is 1.15. The van der Waals surface area contributed by atoms with Crippen LogP contribution >= 0.6 is 11.3 Å². The summed E-state index contributed by atoms with van der Waals surface area (Å²) >= 11 is 1.74. The number of rotatable bonds is 2. The maximum atomic E-state index is 10.4. The number of fused-ring (bicyclic) bond motifs is 1. The molecule has 0 atom stereocenters. The van der Waals surface area contributed by atoms with E-state index < -0.39 is 5.91 Å². The smallest absolute Gasteiger partial charge is 0.248 e. The number of aromatic nitrogens is 3. The number of amides is 1. The standard InChI is InChI=1S/C14H14N2S.C6H6N2O.C2H6/c1-2-4-6-11(7-5-3-1)14-16-12-8-9-15-10-13(12)17-14;7-6(9)5-1-3-8-4-2-5;1-2/h2,4,7-10H,1,3,5-6H2;1-4H,(H2,7,9);1-2H3/b4-2-,11-7+;;. The summed E-state index contributed by atoms with van der Waals surface area (Å²) in [7, 11) is 0. The van der Waals surface area contributed by atoms with Crippen LogP contribution in [0.2, 0.25) is 0 Å². The first-order chi connectivity index (χ1) is 13.7. The molecule has 0 bridgehead atoms. The number of carbonyl (C=O) groups excluding carboxylic acids is 1. The van der Waals surface area contributed by atoms with Crippen molar-refractivity contribution in [2.45, 2.75) is 39.5 Å². The van der Waals surface area contributed by atoms with E-state index in [-0.39, 0.29) is 0 Å². The van der Waals surface area contributed by atoms with E-state index >= 15 is 0 Å². The highest BCUT2D eigenvalue weighted by Crippen LogP contribution is 2.29. The van der Waals surface area contributed by atoms with E-state index in [9.17, 15) is 4.79 Å². The quantitative estimate of drug-likeness (QED) is 0.589. The van der Waals surface area contributed by atoms with Crippen LogP contribution in [-0.2, 0) is 0 Å². The third kappa shape index (κ3) is 6.39. The van der Waals surface area contributed by atoms with Gasteiger partial charge in [0.2, 0.25) is 5.91 Å². The van der Waals surface area contributed by atoms with E-state index in [0.29, 0.717) is 5.56 Å². The summed E-state index contributed by atoms with van der Waals surface area (Å²) in [5.41, 5.74) is 7.86.